The van der Waals surface area contributed by atoms with E-state index in [0.717, 1.165) is 18.4 Å². The third-order valence-electron chi connectivity index (χ3n) is 2.83. The van der Waals surface area contributed by atoms with Gasteiger partial charge in [0.05, 0.1) is 10.0 Å². The van der Waals surface area contributed by atoms with E-state index in [1.54, 1.807) is 12.1 Å². The molecule has 1 fully saturated rings. The number of rotatable bonds is 1. The number of phenolic OH excluding ortho intramolecular Hbond substituents is 1. The highest BCUT2D eigenvalue weighted by molar-refractivity contribution is 6.42. The van der Waals surface area contributed by atoms with Gasteiger partial charge in [-0.1, -0.05) is 23.2 Å². The Morgan fingerprint density at radius 1 is 1.33 bits per heavy atom. The molecule has 0 aliphatic carbocycles. The van der Waals surface area contributed by atoms with Crippen LogP contribution in [0.3, 0.4) is 0 Å². The minimum atomic E-state index is 0.117. The van der Waals surface area contributed by atoms with Crippen molar-refractivity contribution in [2.45, 2.75) is 31.8 Å². The van der Waals surface area contributed by atoms with E-state index in [4.69, 9.17) is 23.2 Å². The van der Waals surface area contributed by atoms with E-state index in [1.807, 2.05) is 0 Å². The highest BCUT2D eigenvalue weighted by Gasteiger charge is 2.26. The van der Waals surface area contributed by atoms with Gasteiger partial charge in [-0.25, -0.2) is 0 Å². The molecule has 1 aromatic carbocycles. The monoisotopic (exact) mass is 245 g/mol. The van der Waals surface area contributed by atoms with Gasteiger partial charge in [0.25, 0.3) is 0 Å². The maximum atomic E-state index is 9.78. The molecular weight excluding hydrogens is 233 g/mol. The molecule has 2 rings (SSSR count). The fourth-order valence-corrected chi connectivity index (χ4v) is 2.50. The van der Waals surface area contributed by atoms with Crippen LogP contribution in [0.15, 0.2) is 12.1 Å². The van der Waals surface area contributed by atoms with Crippen molar-refractivity contribution < 1.29 is 5.11 Å². The first-order valence-electron chi connectivity index (χ1n) is 5.02. The molecule has 2 atom stereocenters. The molecule has 1 unspecified atom stereocenters. The SMILES string of the molecule is C[C@H]1CCC(c2c(O)ccc(Cl)c2Cl)N1. The van der Waals surface area contributed by atoms with Crippen molar-refractivity contribution in [3.63, 3.8) is 0 Å². The van der Waals surface area contributed by atoms with Crippen LogP contribution in [0.1, 0.15) is 31.4 Å². The molecule has 0 saturated carbocycles. The molecule has 1 heterocycles. The molecule has 1 aliphatic rings. The lowest BCUT2D eigenvalue weighted by atomic mass is 10.0. The second-order valence-corrected chi connectivity index (χ2v) is 4.78. The number of halogens is 2. The summed E-state index contributed by atoms with van der Waals surface area (Å²) in [6.45, 7) is 2.12. The van der Waals surface area contributed by atoms with Gasteiger partial charge in [-0.3, -0.25) is 0 Å². The maximum Gasteiger partial charge on any atom is 0.121 e. The second kappa shape index (κ2) is 4.20. The summed E-state index contributed by atoms with van der Waals surface area (Å²) in [4.78, 5) is 0. The maximum absolute atomic E-state index is 9.78. The summed E-state index contributed by atoms with van der Waals surface area (Å²) < 4.78 is 0. The first-order chi connectivity index (χ1) is 7.09. The second-order valence-electron chi connectivity index (χ2n) is 3.99. The van der Waals surface area contributed by atoms with Gasteiger partial charge in [0.15, 0.2) is 0 Å². The Hall–Kier alpha value is -0.440. The van der Waals surface area contributed by atoms with Crippen molar-refractivity contribution in [3.8, 4) is 5.75 Å². The molecule has 1 aliphatic heterocycles. The van der Waals surface area contributed by atoms with Gasteiger partial charge in [-0.05, 0) is 31.9 Å². The average Bonchev–Trinajstić information content (AvgIpc) is 2.59. The Morgan fingerprint density at radius 2 is 2.07 bits per heavy atom. The molecule has 15 heavy (non-hydrogen) atoms. The Balaban J connectivity index is 2.39. The van der Waals surface area contributed by atoms with Gasteiger partial charge >= 0.3 is 0 Å². The number of hydrogen-bond donors (Lipinski definition) is 2. The van der Waals surface area contributed by atoms with Crippen molar-refractivity contribution in [1.82, 2.24) is 5.32 Å². The molecule has 82 valence electrons. The normalized spacial score (nSPS) is 25.8. The minimum Gasteiger partial charge on any atom is -0.508 e. The van der Waals surface area contributed by atoms with Crippen LogP contribution < -0.4 is 5.32 Å². The topological polar surface area (TPSA) is 32.3 Å². The third-order valence-corrected chi connectivity index (χ3v) is 3.65. The molecule has 2 nitrogen and oxygen atoms in total. The lowest BCUT2D eigenvalue weighted by molar-refractivity contribution is 0.454. The van der Waals surface area contributed by atoms with E-state index < -0.39 is 0 Å². The van der Waals surface area contributed by atoms with E-state index in [1.165, 1.54) is 0 Å². The van der Waals surface area contributed by atoms with E-state index in [-0.39, 0.29) is 11.8 Å². The smallest absolute Gasteiger partial charge is 0.121 e. The Bertz CT molecular complexity index is 381. The minimum absolute atomic E-state index is 0.117. The summed E-state index contributed by atoms with van der Waals surface area (Å²) in [7, 11) is 0. The quantitative estimate of drug-likeness (QED) is 0.794. The summed E-state index contributed by atoms with van der Waals surface area (Å²) >= 11 is 12.0. The summed E-state index contributed by atoms with van der Waals surface area (Å²) in [5.74, 6) is 0.219. The molecule has 0 aromatic heterocycles. The number of phenols is 1. The standard InChI is InChI=1S/C11H13Cl2NO/c1-6-2-4-8(14-6)10-9(15)5-3-7(12)11(10)13/h3,5-6,8,14-15H,2,4H2,1H3/t6-,8?/m0/s1. The highest BCUT2D eigenvalue weighted by Crippen LogP contribution is 2.40. The number of benzene rings is 1. The molecule has 0 amide bonds. The van der Waals surface area contributed by atoms with Crippen LogP contribution in [0.25, 0.3) is 0 Å². The number of hydrogen-bond acceptors (Lipinski definition) is 2. The van der Waals surface area contributed by atoms with Crippen LogP contribution >= 0.6 is 23.2 Å². The first-order valence-corrected chi connectivity index (χ1v) is 5.78. The van der Waals surface area contributed by atoms with Crippen molar-refractivity contribution in [2.24, 2.45) is 0 Å². The lowest BCUT2D eigenvalue weighted by Gasteiger charge is -2.16. The molecule has 2 N–H and O–H groups in total. The van der Waals surface area contributed by atoms with Gasteiger partial charge in [0.1, 0.15) is 5.75 Å². The van der Waals surface area contributed by atoms with E-state index >= 15 is 0 Å². The largest absolute Gasteiger partial charge is 0.508 e. The van der Waals surface area contributed by atoms with Gasteiger partial charge in [-0.2, -0.15) is 0 Å². The Morgan fingerprint density at radius 3 is 2.67 bits per heavy atom. The van der Waals surface area contributed by atoms with Crippen LogP contribution in [0.4, 0.5) is 0 Å². The lowest BCUT2D eigenvalue weighted by Crippen LogP contribution is -2.21. The Labute approximate surface area is 99.2 Å². The fraction of sp³-hybridized carbons (Fsp3) is 0.455. The Kier molecular flexibility index (Phi) is 3.10. The number of nitrogens with one attached hydrogen (secondary N) is 1. The third kappa shape index (κ3) is 2.07. The van der Waals surface area contributed by atoms with Gasteiger partial charge in [-0.15, -0.1) is 0 Å². The summed E-state index contributed by atoms with van der Waals surface area (Å²) in [5.41, 5.74) is 0.730. The highest BCUT2D eigenvalue weighted by atomic mass is 35.5. The van der Waals surface area contributed by atoms with Crippen molar-refractivity contribution in [2.75, 3.05) is 0 Å². The van der Waals surface area contributed by atoms with Crippen LogP contribution in [-0.4, -0.2) is 11.1 Å². The van der Waals surface area contributed by atoms with Gasteiger partial charge < -0.3 is 10.4 Å². The fourth-order valence-electron chi connectivity index (χ4n) is 2.04. The average molecular weight is 246 g/mol. The zero-order valence-electron chi connectivity index (χ0n) is 8.43. The first kappa shape index (κ1) is 11.1. The van der Waals surface area contributed by atoms with Crippen molar-refractivity contribution in [3.05, 3.63) is 27.7 Å². The number of aromatic hydroxyl groups is 1. The van der Waals surface area contributed by atoms with Gasteiger partial charge in [0, 0.05) is 17.6 Å². The summed E-state index contributed by atoms with van der Waals surface area (Å²) in [6, 6.07) is 3.78. The zero-order valence-corrected chi connectivity index (χ0v) is 9.94. The van der Waals surface area contributed by atoms with E-state index in [9.17, 15) is 5.11 Å². The molecule has 4 heteroatoms. The molecule has 0 radical (unpaired) electrons. The molecule has 0 bridgehead atoms. The predicted octanol–water partition coefficient (Wildman–Crippen LogP) is 3.51. The van der Waals surface area contributed by atoms with Crippen molar-refractivity contribution >= 4 is 23.2 Å². The molecule has 0 spiro atoms. The van der Waals surface area contributed by atoms with Crippen LogP contribution in [0, 0.1) is 0 Å². The summed E-state index contributed by atoms with van der Waals surface area (Å²) in [6.07, 6.45) is 2.07. The van der Waals surface area contributed by atoms with E-state index in [0.29, 0.717) is 16.1 Å². The predicted molar refractivity (Wildman–Crippen MR) is 62.7 cm³/mol. The molecule has 1 saturated heterocycles. The summed E-state index contributed by atoms with van der Waals surface area (Å²) in [5, 5.41) is 14.1. The van der Waals surface area contributed by atoms with Gasteiger partial charge in [0.2, 0.25) is 0 Å². The van der Waals surface area contributed by atoms with Crippen LogP contribution in [0.2, 0.25) is 10.0 Å². The molecular formula is C11H13Cl2NO. The van der Waals surface area contributed by atoms with Crippen molar-refractivity contribution in [1.29, 1.82) is 0 Å². The molecule has 1 aromatic rings. The van der Waals surface area contributed by atoms with Crippen LogP contribution in [0.5, 0.6) is 5.75 Å². The van der Waals surface area contributed by atoms with E-state index in [2.05, 4.69) is 12.2 Å². The zero-order chi connectivity index (χ0) is 11.0. The van der Waals surface area contributed by atoms with Crippen LogP contribution in [-0.2, 0) is 0 Å².